The number of aromatic nitrogens is 2. The summed E-state index contributed by atoms with van der Waals surface area (Å²) in [5.41, 5.74) is 11.4. The number of rotatable bonds is 9. The lowest BCUT2D eigenvalue weighted by Gasteiger charge is -2.12. The molecule has 4 aromatic rings. The highest BCUT2D eigenvalue weighted by molar-refractivity contribution is 6.09. The average Bonchev–Trinajstić information content (AvgIpc) is 2.78. The third kappa shape index (κ3) is 4.97. The van der Waals surface area contributed by atoms with Gasteiger partial charge in [-0.2, -0.15) is 0 Å². The number of aliphatic carboxylic acids is 1. The molecule has 2 aromatic carbocycles. The Balaban J connectivity index is 1.46. The number of unbranched alkanes of at least 4 members (excludes halogenated alkanes) is 1. The van der Waals surface area contributed by atoms with Gasteiger partial charge in [-0.15, -0.1) is 0 Å². The van der Waals surface area contributed by atoms with Crippen molar-refractivity contribution < 1.29 is 14.6 Å². The molecule has 6 heteroatoms. The molecule has 4 rings (SSSR count). The standard InChI is InChI=1S/C26H27N3O3/c1-17-5-12-21-22(16-17)29-26(27)25-24(21)19(13-14-28-25)9-6-18-7-10-20(11-8-18)32-15-3-2-4-23(30)31/h5,7-8,10-14,16H,2-4,6,9,15H2,1H3,(H2,27,29)(H,30,31). The second-order valence-electron chi connectivity index (χ2n) is 8.05. The Hall–Kier alpha value is -3.67. The number of benzene rings is 2. The minimum atomic E-state index is -0.765. The zero-order chi connectivity index (χ0) is 22.5. The van der Waals surface area contributed by atoms with Crippen LogP contribution in [0.5, 0.6) is 5.75 Å². The molecule has 0 atom stereocenters. The maximum Gasteiger partial charge on any atom is 0.303 e. The summed E-state index contributed by atoms with van der Waals surface area (Å²) in [4.78, 5) is 19.6. The van der Waals surface area contributed by atoms with E-state index in [1.165, 1.54) is 11.1 Å². The van der Waals surface area contributed by atoms with Crippen molar-refractivity contribution >= 4 is 33.6 Å². The molecular formula is C26H27N3O3. The van der Waals surface area contributed by atoms with Crippen LogP contribution in [0.15, 0.2) is 54.7 Å². The van der Waals surface area contributed by atoms with E-state index in [1.54, 1.807) is 6.20 Å². The Morgan fingerprint density at radius 3 is 2.66 bits per heavy atom. The number of hydrogen-bond acceptors (Lipinski definition) is 5. The molecule has 32 heavy (non-hydrogen) atoms. The van der Waals surface area contributed by atoms with Crippen molar-refractivity contribution in [1.82, 2.24) is 9.97 Å². The second-order valence-corrected chi connectivity index (χ2v) is 8.05. The largest absolute Gasteiger partial charge is 0.494 e. The van der Waals surface area contributed by atoms with Gasteiger partial charge in [-0.3, -0.25) is 9.78 Å². The van der Waals surface area contributed by atoms with Crippen LogP contribution < -0.4 is 10.5 Å². The maximum atomic E-state index is 10.5. The van der Waals surface area contributed by atoms with E-state index in [1.807, 2.05) is 12.1 Å². The van der Waals surface area contributed by atoms with Gasteiger partial charge in [-0.1, -0.05) is 24.3 Å². The molecule has 0 saturated heterocycles. The Morgan fingerprint density at radius 1 is 1.06 bits per heavy atom. The Bertz CT molecular complexity index is 1250. The number of fused-ring (bicyclic) bond motifs is 3. The first-order valence-corrected chi connectivity index (χ1v) is 10.9. The second kappa shape index (κ2) is 9.64. The highest BCUT2D eigenvalue weighted by Crippen LogP contribution is 2.30. The third-order valence-electron chi connectivity index (χ3n) is 5.60. The highest BCUT2D eigenvalue weighted by atomic mass is 16.5. The molecule has 0 aliphatic carbocycles. The minimum absolute atomic E-state index is 0.183. The summed E-state index contributed by atoms with van der Waals surface area (Å²) in [7, 11) is 0. The summed E-state index contributed by atoms with van der Waals surface area (Å²) in [5, 5.41) is 10.8. The first-order valence-electron chi connectivity index (χ1n) is 10.9. The van der Waals surface area contributed by atoms with Crippen molar-refractivity contribution in [2.24, 2.45) is 0 Å². The zero-order valence-electron chi connectivity index (χ0n) is 18.2. The lowest BCUT2D eigenvalue weighted by atomic mass is 9.98. The smallest absolute Gasteiger partial charge is 0.303 e. The maximum absolute atomic E-state index is 10.5. The number of carboxylic acid groups (broad SMARTS) is 1. The van der Waals surface area contributed by atoms with Crippen LogP contribution >= 0.6 is 0 Å². The van der Waals surface area contributed by atoms with Crippen LogP contribution in [-0.2, 0) is 17.6 Å². The number of ether oxygens (including phenoxy) is 1. The van der Waals surface area contributed by atoms with E-state index in [4.69, 9.17) is 15.6 Å². The molecule has 0 aliphatic rings. The number of carboxylic acids is 1. The molecular weight excluding hydrogens is 402 g/mol. The predicted molar refractivity (Wildman–Crippen MR) is 127 cm³/mol. The summed E-state index contributed by atoms with van der Waals surface area (Å²) in [6.45, 7) is 2.58. The predicted octanol–water partition coefficient (Wildman–Crippen LogP) is 5.09. The number of pyridine rings is 2. The molecule has 164 valence electrons. The van der Waals surface area contributed by atoms with Gasteiger partial charge in [0.1, 0.15) is 11.3 Å². The fourth-order valence-corrected chi connectivity index (χ4v) is 3.93. The third-order valence-corrected chi connectivity index (χ3v) is 5.60. The van der Waals surface area contributed by atoms with Crippen LogP contribution in [0.2, 0.25) is 0 Å². The summed E-state index contributed by atoms with van der Waals surface area (Å²) in [6, 6.07) is 16.4. The van der Waals surface area contributed by atoms with Gasteiger partial charge in [0.2, 0.25) is 0 Å². The lowest BCUT2D eigenvalue weighted by Crippen LogP contribution is -2.01. The van der Waals surface area contributed by atoms with Gasteiger partial charge < -0.3 is 15.6 Å². The molecule has 0 amide bonds. The van der Waals surface area contributed by atoms with Gasteiger partial charge in [-0.05, 0) is 73.6 Å². The van der Waals surface area contributed by atoms with E-state index in [2.05, 4.69) is 53.3 Å². The number of aryl methyl sites for hydroxylation is 3. The van der Waals surface area contributed by atoms with E-state index in [0.717, 1.165) is 52.4 Å². The normalized spacial score (nSPS) is 11.2. The van der Waals surface area contributed by atoms with Crippen LogP contribution in [0.25, 0.3) is 21.8 Å². The molecule has 3 N–H and O–H groups in total. The van der Waals surface area contributed by atoms with E-state index >= 15 is 0 Å². The first kappa shape index (κ1) is 21.6. The number of nitrogens with two attached hydrogens (primary N) is 1. The van der Waals surface area contributed by atoms with Gasteiger partial charge in [0.05, 0.1) is 12.1 Å². The zero-order valence-corrected chi connectivity index (χ0v) is 18.2. The van der Waals surface area contributed by atoms with E-state index < -0.39 is 5.97 Å². The number of nitrogens with zero attached hydrogens (tertiary/aromatic N) is 2. The summed E-state index contributed by atoms with van der Waals surface area (Å²) in [5.74, 6) is 0.502. The molecule has 0 spiro atoms. The van der Waals surface area contributed by atoms with Gasteiger partial charge in [0, 0.05) is 23.4 Å². The molecule has 0 radical (unpaired) electrons. The SMILES string of the molecule is Cc1ccc2c(c1)nc(N)c1nccc(CCc3ccc(OCCCCC(=O)O)cc3)c12. The summed E-state index contributed by atoms with van der Waals surface area (Å²) in [6.07, 6.45) is 5.09. The lowest BCUT2D eigenvalue weighted by molar-refractivity contribution is -0.137. The first-order chi connectivity index (χ1) is 15.5. The van der Waals surface area contributed by atoms with Gasteiger partial charge in [0.15, 0.2) is 5.82 Å². The Labute approximate surface area is 187 Å². The Kier molecular flexibility index (Phi) is 6.50. The van der Waals surface area contributed by atoms with Crippen molar-refractivity contribution in [3.8, 4) is 5.75 Å². The topological polar surface area (TPSA) is 98.3 Å². The van der Waals surface area contributed by atoms with Crippen LogP contribution in [0.3, 0.4) is 0 Å². The van der Waals surface area contributed by atoms with E-state index in [0.29, 0.717) is 18.8 Å². The van der Waals surface area contributed by atoms with Crippen molar-refractivity contribution in [2.45, 2.75) is 39.0 Å². The molecule has 0 bridgehead atoms. The van der Waals surface area contributed by atoms with Crippen LogP contribution in [-0.4, -0.2) is 27.7 Å². The quantitative estimate of drug-likeness (QED) is 0.284. The Morgan fingerprint density at radius 2 is 1.88 bits per heavy atom. The molecule has 0 saturated carbocycles. The van der Waals surface area contributed by atoms with Gasteiger partial charge >= 0.3 is 5.97 Å². The molecule has 2 heterocycles. The molecule has 0 unspecified atom stereocenters. The van der Waals surface area contributed by atoms with Gasteiger partial charge in [-0.25, -0.2) is 4.98 Å². The minimum Gasteiger partial charge on any atom is -0.494 e. The summed E-state index contributed by atoms with van der Waals surface area (Å²) >= 11 is 0. The van der Waals surface area contributed by atoms with Crippen molar-refractivity contribution in [2.75, 3.05) is 12.3 Å². The van der Waals surface area contributed by atoms with Gasteiger partial charge in [0.25, 0.3) is 0 Å². The van der Waals surface area contributed by atoms with Crippen LogP contribution in [0, 0.1) is 6.92 Å². The van der Waals surface area contributed by atoms with Crippen LogP contribution in [0.1, 0.15) is 36.0 Å². The monoisotopic (exact) mass is 429 g/mol. The average molecular weight is 430 g/mol. The fourth-order valence-electron chi connectivity index (χ4n) is 3.93. The number of hydrogen-bond donors (Lipinski definition) is 2. The molecule has 2 aromatic heterocycles. The summed E-state index contributed by atoms with van der Waals surface area (Å²) < 4.78 is 5.71. The van der Waals surface area contributed by atoms with Crippen molar-refractivity contribution in [3.05, 3.63) is 71.4 Å². The number of nitrogen functional groups attached to an aromatic ring is 1. The van der Waals surface area contributed by atoms with E-state index in [9.17, 15) is 4.79 Å². The molecule has 0 fully saturated rings. The van der Waals surface area contributed by atoms with Crippen molar-refractivity contribution in [3.63, 3.8) is 0 Å². The highest BCUT2D eigenvalue weighted by Gasteiger charge is 2.12. The number of anilines is 1. The van der Waals surface area contributed by atoms with Crippen LogP contribution in [0.4, 0.5) is 5.82 Å². The van der Waals surface area contributed by atoms with E-state index in [-0.39, 0.29) is 6.42 Å². The number of carbonyl (C=O) groups is 1. The molecule has 0 aliphatic heterocycles. The molecule has 6 nitrogen and oxygen atoms in total. The fraction of sp³-hybridized carbons (Fsp3) is 0.269. The van der Waals surface area contributed by atoms with Crippen molar-refractivity contribution in [1.29, 1.82) is 0 Å².